The van der Waals surface area contributed by atoms with Crippen LogP contribution in [0.25, 0.3) is 0 Å². The Morgan fingerprint density at radius 1 is 1.60 bits per heavy atom. The summed E-state index contributed by atoms with van der Waals surface area (Å²) in [7, 11) is -3.52. The van der Waals surface area contributed by atoms with Gasteiger partial charge in [0.1, 0.15) is 6.61 Å². The zero-order valence-electron chi connectivity index (χ0n) is 5.33. The standard InChI is InChI=1S/C3H7NO4S.H2O/c1-9(6,7)8-2-3(4)5;/h2H2,1H3,(H2,4,5);1H2. The van der Waals surface area contributed by atoms with Gasteiger partial charge in [-0.1, -0.05) is 0 Å². The molecule has 0 unspecified atom stereocenters. The summed E-state index contributed by atoms with van der Waals surface area (Å²) in [5.41, 5.74) is 4.57. The second-order valence-electron chi connectivity index (χ2n) is 1.43. The van der Waals surface area contributed by atoms with Gasteiger partial charge in [-0.15, -0.1) is 0 Å². The summed E-state index contributed by atoms with van der Waals surface area (Å²) >= 11 is 0. The molecule has 6 nitrogen and oxygen atoms in total. The Bertz CT molecular complexity index is 195. The van der Waals surface area contributed by atoms with Crippen LogP contribution in [0.2, 0.25) is 0 Å². The molecule has 0 saturated carbocycles. The smallest absolute Gasteiger partial charge is 0.264 e. The number of hydrogen-bond acceptors (Lipinski definition) is 4. The van der Waals surface area contributed by atoms with Gasteiger partial charge in [-0.2, -0.15) is 8.42 Å². The third-order valence-electron chi connectivity index (χ3n) is 0.415. The minimum atomic E-state index is -3.52. The van der Waals surface area contributed by atoms with E-state index < -0.39 is 22.6 Å². The highest BCUT2D eigenvalue weighted by molar-refractivity contribution is 7.86. The molecule has 0 aromatic rings. The molecule has 0 atom stereocenters. The van der Waals surface area contributed by atoms with E-state index in [9.17, 15) is 13.2 Å². The van der Waals surface area contributed by atoms with Gasteiger partial charge in [0, 0.05) is 0 Å². The molecule has 0 spiro atoms. The van der Waals surface area contributed by atoms with Crippen molar-refractivity contribution in [1.29, 1.82) is 0 Å². The van der Waals surface area contributed by atoms with E-state index in [4.69, 9.17) is 0 Å². The fraction of sp³-hybridized carbons (Fsp3) is 0.667. The molecular weight excluding hydrogens is 162 g/mol. The van der Waals surface area contributed by atoms with E-state index in [1.807, 2.05) is 0 Å². The Morgan fingerprint density at radius 2 is 2.00 bits per heavy atom. The second kappa shape index (κ2) is 4.20. The molecule has 0 heterocycles. The molecule has 0 rings (SSSR count). The van der Waals surface area contributed by atoms with E-state index in [1.54, 1.807) is 0 Å². The monoisotopic (exact) mass is 171 g/mol. The van der Waals surface area contributed by atoms with Crippen LogP contribution < -0.4 is 5.73 Å². The number of carbonyl (C=O) groups excluding carboxylic acids is 1. The first kappa shape index (κ1) is 12.1. The highest BCUT2D eigenvalue weighted by Gasteiger charge is 2.02. The fourth-order valence-corrected chi connectivity index (χ4v) is 0.495. The molecule has 0 radical (unpaired) electrons. The predicted molar refractivity (Wildman–Crippen MR) is 33.6 cm³/mol. The van der Waals surface area contributed by atoms with E-state index in [-0.39, 0.29) is 5.48 Å². The Morgan fingerprint density at radius 3 is 2.10 bits per heavy atom. The summed E-state index contributed by atoms with van der Waals surface area (Å²) in [4.78, 5) is 9.88. The van der Waals surface area contributed by atoms with Crippen molar-refractivity contribution < 1.29 is 22.9 Å². The molecule has 1 amide bonds. The molecule has 0 aliphatic rings. The van der Waals surface area contributed by atoms with E-state index in [0.717, 1.165) is 6.26 Å². The van der Waals surface area contributed by atoms with Crippen LogP contribution in [-0.4, -0.2) is 32.7 Å². The quantitative estimate of drug-likeness (QED) is 0.477. The third kappa shape index (κ3) is 10.3. The lowest BCUT2D eigenvalue weighted by Crippen LogP contribution is -2.20. The summed E-state index contributed by atoms with van der Waals surface area (Å²) in [5, 5.41) is 0. The summed E-state index contributed by atoms with van der Waals surface area (Å²) in [5.74, 6) is -0.805. The molecule has 0 aromatic heterocycles. The van der Waals surface area contributed by atoms with Crippen molar-refractivity contribution in [2.75, 3.05) is 12.9 Å². The van der Waals surface area contributed by atoms with Gasteiger partial charge >= 0.3 is 0 Å². The lowest BCUT2D eigenvalue weighted by atomic mass is 10.7. The van der Waals surface area contributed by atoms with Crippen LogP contribution in [0, 0.1) is 0 Å². The maximum absolute atomic E-state index is 10.1. The van der Waals surface area contributed by atoms with Crippen molar-refractivity contribution in [2.24, 2.45) is 5.73 Å². The van der Waals surface area contributed by atoms with Gasteiger partial charge in [0.2, 0.25) is 5.91 Å². The predicted octanol–water partition coefficient (Wildman–Crippen LogP) is -2.38. The molecular formula is C3H9NO5S. The number of nitrogens with two attached hydrogens (primary N) is 1. The number of rotatable bonds is 3. The van der Waals surface area contributed by atoms with Crippen LogP contribution in [-0.2, 0) is 19.1 Å². The third-order valence-corrected chi connectivity index (χ3v) is 0.961. The van der Waals surface area contributed by atoms with E-state index >= 15 is 0 Å². The summed E-state index contributed by atoms with van der Waals surface area (Å²) < 4.78 is 24.2. The van der Waals surface area contributed by atoms with Crippen molar-refractivity contribution in [3.63, 3.8) is 0 Å². The first-order valence-electron chi connectivity index (χ1n) is 2.04. The molecule has 10 heavy (non-hydrogen) atoms. The molecule has 7 heteroatoms. The Kier molecular flexibility index (Phi) is 5.07. The SMILES string of the molecule is CS(=O)(=O)OCC(N)=O.O. The average Bonchev–Trinajstić information content (AvgIpc) is 1.59. The number of amides is 1. The molecule has 62 valence electrons. The first-order chi connectivity index (χ1) is 3.92. The largest absolute Gasteiger partial charge is 0.412 e. The van der Waals surface area contributed by atoms with Crippen LogP contribution >= 0.6 is 0 Å². The van der Waals surface area contributed by atoms with Gasteiger partial charge in [0.05, 0.1) is 6.26 Å². The number of hydrogen-bond donors (Lipinski definition) is 1. The van der Waals surface area contributed by atoms with Crippen molar-refractivity contribution >= 4 is 16.0 Å². The van der Waals surface area contributed by atoms with Crippen molar-refractivity contribution in [1.82, 2.24) is 0 Å². The van der Waals surface area contributed by atoms with E-state index in [1.165, 1.54) is 0 Å². The highest BCUT2D eigenvalue weighted by Crippen LogP contribution is 1.83. The molecule has 0 fully saturated rings. The minimum Gasteiger partial charge on any atom is -0.412 e. The van der Waals surface area contributed by atoms with Gasteiger partial charge < -0.3 is 11.2 Å². The lowest BCUT2D eigenvalue weighted by Gasteiger charge is -1.93. The zero-order chi connectivity index (χ0) is 7.49. The number of primary amides is 1. The van der Waals surface area contributed by atoms with Gasteiger partial charge in [-0.3, -0.25) is 8.98 Å². The second-order valence-corrected chi connectivity index (χ2v) is 3.08. The summed E-state index contributed by atoms with van der Waals surface area (Å²) in [6.07, 6.45) is 0.843. The molecule has 4 N–H and O–H groups in total. The average molecular weight is 171 g/mol. The fourth-order valence-electron chi connectivity index (χ4n) is 0.165. The Labute approximate surface area is 58.4 Å². The molecule has 0 aliphatic heterocycles. The normalized spacial score (nSPS) is 10.1. The summed E-state index contributed by atoms with van der Waals surface area (Å²) in [6, 6.07) is 0. The highest BCUT2D eigenvalue weighted by atomic mass is 32.2. The van der Waals surface area contributed by atoms with Crippen LogP contribution in [0.3, 0.4) is 0 Å². The van der Waals surface area contributed by atoms with Gasteiger partial charge in [0.15, 0.2) is 0 Å². The van der Waals surface area contributed by atoms with Gasteiger partial charge in [-0.05, 0) is 0 Å². The van der Waals surface area contributed by atoms with Crippen molar-refractivity contribution in [2.45, 2.75) is 0 Å². The van der Waals surface area contributed by atoms with Gasteiger partial charge in [0.25, 0.3) is 10.1 Å². The van der Waals surface area contributed by atoms with Crippen molar-refractivity contribution in [3.05, 3.63) is 0 Å². The molecule has 0 bridgehead atoms. The first-order valence-corrected chi connectivity index (χ1v) is 3.86. The topological polar surface area (TPSA) is 118 Å². The van der Waals surface area contributed by atoms with Crippen LogP contribution in [0.4, 0.5) is 0 Å². The van der Waals surface area contributed by atoms with Gasteiger partial charge in [-0.25, -0.2) is 0 Å². The van der Waals surface area contributed by atoms with Crippen LogP contribution in [0.5, 0.6) is 0 Å². The Hall–Kier alpha value is -0.660. The maximum atomic E-state index is 10.1. The molecule has 0 aromatic carbocycles. The minimum absolute atomic E-state index is 0. The lowest BCUT2D eigenvalue weighted by molar-refractivity contribution is -0.119. The summed E-state index contributed by atoms with van der Waals surface area (Å²) in [6.45, 7) is -0.584. The van der Waals surface area contributed by atoms with E-state index in [2.05, 4.69) is 9.92 Å². The van der Waals surface area contributed by atoms with E-state index in [0.29, 0.717) is 0 Å². The zero-order valence-corrected chi connectivity index (χ0v) is 6.14. The van der Waals surface area contributed by atoms with Crippen molar-refractivity contribution in [3.8, 4) is 0 Å². The van der Waals surface area contributed by atoms with Crippen LogP contribution in [0.15, 0.2) is 0 Å². The number of carbonyl (C=O) groups is 1. The Balaban J connectivity index is 0. The molecule has 0 aliphatic carbocycles. The maximum Gasteiger partial charge on any atom is 0.264 e. The van der Waals surface area contributed by atoms with Crippen LogP contribution in [0.1, 0.15) is 0 Å². The molecule has 0 saturated heterocycles.